The third kappa shape index (κ3) is 3.95. The first-order chi connectivity index (χ1) is 15.9. The Bertz CT molecular complexity index is 1310. The molecule has 176 valence electrons. The standard InChI is InChI=1S/C20H23F2N7O3S/c1-32-16-9-17-24-11-15(29(17)27-20(16)28-6-3-7-33(28,30)31)18-13(21)8-14(22)19(26-18)25-12-4-2-5-23-10-12/h8-9,11-12,23H,2-7,10H2,1H3,(H,25,26). The molecule has 3 aromatic rings. The normalized spacial score (nSPS) is 20.3. The van der Waals surface area contributed by atoms with Crippen LogP contribution in [-0.4, -0.2) is 66.5 Å². The molecule has 0 radical (unpaired) electrons. The molecule has 0 spiro atoms. The van der Waals surface area contributed by atoms with Gasteiger partial charge in [0.2, 0.25) is 15.8 Å². The topological polar surface area (TPSA) is 114 Å². The molecule has 2 fully saturated rings. The van der Waals surface area contributed by atoms with Gasteiger partial charge in [-0.2, -0.15) is 0 Å². The van der Waals surface area contributed by atoms with E-state index in [-0.39, 0.29) is 47.1 Å². The van der Waals surface area contributed by atoms with Crippen molar-refractivity contribution in [1.82, 2.24) is 24.9 Å². The predicted octanol–water partition coefficient (Wildman–Crippen LogP) is 1.78. The number of hydrogen-bond donors (Lipinski definition) is 2. The van der Waals surface area contributed by atoms with Crippen molar-refractivity contribution in [2.24, 2.45) is 0 Å². The first kappa shape index (κ1) is 21.8. The number of rotatable bonds is 5. The van der Waals surface area contributed by atoms with Gasteiger partial charge in [0.15, 0.2) is 28.8 Å². The minimum Gasteiger partial charge on any atom is -0.493 e. The monoisotopic (exact) mass is 479 g/mol. The van der Waals surface area contributed by atoms with Crippen molar-refractivity contribution in [2.45, 2.75) is 25.3 Å². The highest BCUT2D eigenvalue weighted by Crippen LogP contribution is 2.34. The van der Waals surface area contributed by atoms with E-state index >= 15 is 0 Å². The molecule has 3 aromatic heterocycles. The van der Waals surface area contributed by atoms with E-state index in [1.165, 1.54) is 28.2 Å². The number of nitrogens with zero attached hydrogens (tertiary/aromatic N) is 5. The first-order valence-corrected chi connectivity index (χ1v) is 12.2. The van der Waals surface area contributed by atoms with Crippen LogP contribution in [0.1, 0.15) is 19.3 Å². The Kier molecular flexibility index (Phi) is 5.52. The summed E-state index contributed by atoms with van der Waals surface area (Å²) >= 11 is 0. The summed E-state index contributed by atoms with van der Waals surface area (Å²) in [6.45, 7) is 1.81. The summed E-state index contributed by atoms with van der Waals surface area (Å²) in [6, 6.07) is 2.26. The van der Waals surface area contributed by atoms with Crippen molar-refractivity contribution in [2.75, 3.05) is 42.1 Å². The quantitative estimate of drug-likeness (QED) is 0.569. The fourth-order valence-electron chi connectivity index (χ4n) is 4.17. The van der Waals surface area contributed by atoms with Crippen LogP contribution >= 0.6 is 0 Å². The van der Waals surface area contributed by atoms with E-state index in [2.05, 4.69) is 25.7 Å². The molecule has 33 heavy (non-hydrogen) atoms. The molecule has 0 aliphatic carbocycles. The third-order valence-electron chi connectivity index (χ3n) is 5.80. The van der Waals surface area contributed by atoms with Crippen LogP contribution in [0.25, 0.3) is 17.0 Å². The van der Waals surface area contributed by atoms with Gasteiger partial charge in [0, 0.05) is 31.3 Å². The van der Waals surface area contributed by atoms with E-state index in [4.69, 9.17) is 4.74 Å². The Morgan fingerprint density at radius 2 is 2.09 bits per heavy atom. The summed E-state index contributed by atoms with van der Waals surface area (Å²) < 4.78 is 62.0. The summed E-state index contributed by atoms with van der Waals surface area (Å²) in [7, 11) is -2.13. The number of anilines is 2. The second-order valence-corrected chi connectivity index (χ2v) is 10.0. The molecule has 2 N–H and O–H groups in total. The molecule has 0 saturated carbocycles. The number of pyridine rings is 1. The fourth-order valence-corrected chi connectivity index (χ4v) is 5.68. The van der Waals surface area contributed by atoms with Crippen molar-refractivity contribution >= 4 is 27.3 Å². The molecule has 0 bridgehead atoms. The van der Waals surface area contributed by atoms with E-state index in [1.54, 1.807) is 0 Å². The molecule has 2 aliphatic rings. The number of nitrogens with one attached hydrogen (secondary N) is 2. The molecule has 5 heterocycles. The summed E-state index contributed by atoms with van der Waals surface area (Å²) in [4.78, 5) is 8.44. The number of ether oxygens (including phenoxy) is 1. The molecule has 0 aromatic carbocycles. The number of piperidine rings is 1. The zero-order chi connectivity index (χ0) is 23.2. The van der Waals surface area contributed by atoms with Crippen LogP contribution in [-0.2, 0) is 10.0 Å². The Hall–Kier alpha value is -3.06. The van der Waals surface area contributed by atoms with E-state index in [0.717, 1.165) is 25.5 Å². The maximum atomic E-state index is 14.8. The van der Waals surface area contributed by atoms with Gasteiger partial charge in [-0.05, 0) is 25.8 Å². The third-order valence-corrected chi connectivity index (χ3v) is 7.64. The second-order valence-electron chi connectivity index (χ2n) is 8.03. The van der Waals surface area contributed by atoms with Crippen LogP contribution in [0.4, 0.5) is 20.4 Å². The van der Waals surface area contributed by atoms with Crippen LogP contribution in [0, 0.1) is 11.6 Å². The number of halogens is 2. The number of imidazole rings is 1. The predicted molar refractivity (Wildman–Crippen MR) is 118 cm³/mol. The molecule has 5 rings (SSSR count). The summed E-state index contributed by atoms with van der Waals surface area (Å²) in [5, 5.41) is 10.7. The molecule has 2 saturated heterocycles. The van der Waals surface area contributed by atoms with E-state index < -0.39 is 21.7 Å². The molecule has 2 aliphatic heterocycles. The van der Waals surface area contributed by atoms with Crippen molar-refractivity contribution in [3.8, 4) is 17.1 Å². The minimum atomic E-state index is -3.54. The Morgan fingerprint density at radius 3 is 2.79 bits per heavy atom. The van der Waals surface area contributed by atoms with Gasteiger partial charge in [-0.25, -0.2) is 36.0 Å². The van der Waals surface area contributed by atoms with Gasteiger partial charge in [-0.15, -0.1) is 5.10 Å². The van der Waals surface area contributed by atoms with Gasteiger partial charge < -0.3 is 15.4 Å². The molecule has 0 amide bonds. The average Bonchev–Trinajstić information content (AvgIpc) is 3.37. The lowest BCUT2D eigenvalue weighted by molar-refractivity contribution is 0.413. The van der Waals surface area contributed by atoms with E-state index in [1.807, 2.05) is 0 Å². The number of aromatic nitrogens is 4. The first-order valence-electron chi connectivity index (χ1n) is 10.6. The van der Waals surface area contributed by atoms with Gasteiger partial charge in [0.05, 0.1) is 19.1 Å². The highest BCUT2D eigenvalue weighted by Gasteiger charge is 2.33. The lowest BCUT2D eigenvalue weighted by Gasteiger charge is -2.24. The lowest BCUT2D eigenvalue weighted by Crippen LogP contribution is -2.38. The Morgan fingerprint density at radius 1 is 1.24 bits per heavy atom. The molecule has 1 unspecified atom stereocenters. The van der Waals surface area contributed by atoms with Crippen molar-refractivity contribution < 1.29 is 21.9 Å². The highest BCUT2D eigenvalue weighted by atomic mass is 32.2. The Labute approximate surface area is 189 Å². The van der Waals surface area contributed by atoms with Gasteiger partial charge in [0.1, 0.15) is 11.4 Å². The molecule has 1 atom stereocenters. The van der Waals surface area contributed by atoms with Gasteiger partial charge >= 0.3 is 0 Å². The maximum absolute atomic E-state index is 14.8. The molecular weight excluding hydrogens is 456 g/mol. The zero-order valence-electron chi connectivity index (χ0n) is 17.9. The molecule has 13 heteroatoms. The summed E-state index contributed by atoms with van der Waals surface area (Å²) in [5.74, 6) is -1.43. The average molecular weight is 480 g/mol. The SMILES string of the molecule is COc1cc2ncc(-c3nc(NC4CCCNC4)c(F)cc3F)n2nc1N1CCCS1(=O)=O. The fraction of sp³-hybridized carbons (Fsp3) is 0.450. The zero-order valence-corrected chi connectivity index (χ0v) is 18.7. The van der Waals surface area contributed by atoms with Crippen molar-refractivity contribution in [3.63, 3.8) is 0 Å². The molecular formula is C20H23F2N7O3S. The van der Waals surface area contributed by atoms with Crippen LogP contribution in [0.15, 0.2) is 18.3 Å². The maximum Gasteiger partial charge on any atom is 0.236 e. The summed E-state index contributed by atoms with van der Waals surface area (Å²) in [5.41, 5.74) is 0.314. The van der Waals surface area contributed by atoms with Crippen LogP contribution in [0.3, 0.4) is 0 Å². The van der Waals surface area contributed by atoms with Crippen LogP contribution < -0.4 is 19.7 Å². The largest absolute Gasteiger partial charge is 0.493 e. The van der Waals surface area contributed by atoms with Crippen LogP contribution in [0.5, 0.6) is 5.75 Å². The van der Waals surface area contributed by atoms with Crippen LogP contribution in [0.2, 0.25) is 0 Å². The number of methoxy groups -OCH3 is 1. The number of fused-ring (bicyclic) bond motifs is 1. The van der Waals surface area contributed by atoms with E-state index in [9.17, 15) is 17.2 Å². The number of sulfonamides is 1. The van der Waals surface area contributed by atoms with Crippen molar-refractivity contribution in [3.05, 3.63) is 30.0 Å². The number of hydrogen-bond acceptors (Lipinski definition) is 8. The van der Waals surface area contributed by atoms with Gasteiger partial charge in [-0.3, -0.25) is 0 Å². The van der Waals surface area contributed by atoms with Gasteiger partial charge in [-0.1, -0.05) is 0 Å². The Balaban J connectivity index is 1.60. The van der Waals surface area contributed by atoms with Gasteiger partial charge in [0.25, 0.3) is 0 Å². The minimum absolute atomic E-state index is 0.00581. The highest BCUT2D eigenvalue weighted by molar-refractivity contribution is 7.93. The van der Waals surface area contributed by atoms with E-state index in [0.29, 0.717) is 18.6 Å². The molecule has 10 nitrogen and oxygen atoms in total. The summed E-state index contributed by atoms with van der Waals surface area (Å²) in [6.07, 6.45) is 3.60. The smallest absolute Gasteiger partial charge is 0.236 e. The lowest BCUT2D eigenvalue weighted by atomic mass is 10.1. The van der Waals surface area contributed by atoms with Crippen molar-refractivity contribution in [1.29, 1.82) is 0 Å². The second kappa shape index (κ2) is 8.37.